The zero-order valence-electron chi connectivity index (χ0n) is 13.2. The quantitative estimate of drug-likeness (QED) is 0.781. The molecule has 0 bridgehead atoms. The van der Waals surface area contributed by atoms with Crippen LogP contribution in [0.4, 0.5) is 0 Å². The number of likely N-dealkylation sites (tertiary alicyclic amines) is 1. The van der Waals surface area contributed by atoms with Crippen molar-refractivity contribution in [2.24, 2.45) is 0 Å². The van der Waals surface area contributed by atoms with Crippen molar-refractivity contribution in [1.29, 1.82) is 0 Å². The van der Waals surface area contributed by atoms with Crippen molar-refractivity contribution in [2.75, 3.05) is 19.6 Å². The third-order valence-corrected chi connectivity index (χ3v) is 3.24. The number of carbonyl (C=O) groups is 2. The van der Waals surface area contributed by atoms with E-state index in [1.807, 2.05) is 27.7 Å². The van der Waals surface area contributed by atoms with Gasteiger partial charge in [0.15, 0.2) is 0 Å². The average molecular weight is 284 g/mol. The van der Waals surface area contributed by atoms with Crippen molar-refractivity contribution in [1.82, 2.24) is 10.2 Å². The molecule has 0 spiro atoms. The third-order valence-electron chi connectivity index (χ3n) is 3.24. The second-order valence-corrected chi connectivity index (χ2v) is 6.40. The Bertz CT molecular complexity index is 337. The van der Waals surface area contributed by atoms with Gasteiger partial charge in [0.1, 0.15) is 5.60 Å². The molecule has 0 aromatic rings. The van der Waals surface area contributed by atoms with Crippen molar-refractivity contribution in [3.63, 3.8) is 0 Å². The Balaban J connectivity index is 2.30. The molecule has 1 amide bonds. The van der Waals surface area contributed by atoms with E-state index in [9.17, 15) is 9.59 Å². The fourth-order valence-electron chi connectivity index (χ4n) is 2.35. The number of amides is 1. The topological polar surface area (TPSA) is 58.6 Å². The number of esters is 1. The molecule has 0 aromatic heterocycles. The maximum atomic E-state index is 11.7. The summed E-state index contributed by atoms with van der Waals surface area (Å²) in [7, 11) is 0. The summed E-state index contributed by atoms with van der Waals surface area (Å²) in [6.45, 7) is 10.0. The van der Waals surface area contributed by atoms with E-state index in [1.54, 1.807) is 0 Å². The van der Waals surface area contributed by atoms with Crippen molar-refractivity contribution in [2.45, 2.75) is 65.0 Å². The van der Waals surface area contributed by atoms with Gasteiger partial charge in [-0.3, -0.25) is 9.59 Å². The van der Waals surface area contributed by atoms with Crippen LogP contribution in [0, 0.1) is 0 Å². The van der Waals surface area contributed by atoms with Gasteiger partial charge in [-0.1, -0.05) is 6.92 Å². The Labute approximate surface area is 122 Å². The molecular weight excluding hydrogens is 256 g/mol. The van der Waals surface area contributed by atoms with Gasteiger partial charge in [-0.25, -0.2) is 0 Å². The van der Waals surface area contributed by atoms with Crippen LogP contribution in [-0.4, -0.2) is 48.1 Å². The minimum atomic E-state index is -0.420. The van der Waals surface area contributed by atoms with E-state index >= 15 is 0 Å². The second-order valence-electron chi connectivity index (χ2n) is 6.40. The summed E-state index contributed by atoms with van der Waals surface area (Å²) in [6, 6.07) is 0.217. The molecule has 116 valence electrons. The number of hydrogen-bond acceptors (Lipinski definition) is 4. The van der Waals surface area contributed by atoms with Crippen molar-refractivity contribution in [3.05, 3.63) is 0 Å². The highest BCUT2D eigenvalue weighted by Crippen LogP contribution is 2.12. The summed E-state index contributed by atoms with van der Waals surface area (Å²) in [4.78, 5) is 25.3. The van der Waals surface area contributed by atoms with Crippen LogP contribution in [0.2, 0.25) is 0 Å². The monoisotopic (exact) mass is 284 g/mol. The van der Waals surface area contributed by atoms with Crippen molar-refractivity contribution in [3.8, 4) is 0 Å². The largest absolute Gasteiger partial charge is 0.460 e. The Morgan fingerprint density at radius 3 is 2.65 bits per heavy atom. The van der Waals surface area contributed by atoms with E-state index in [1.165, 1.54) is 0 Å². The fraction of sp³-hybridized carbons (Fsp3) is 0.867. The van der Waals surface area contributed by atoms with Crippen LogP contribution in [0.25, 0.3) is 0 Å². The molecule has 5 nitrogen and oxygen atoms in total. The number of carbonyl (C=O) groups excluding carboxylic acids is 2. The molecule has 1 unspecified atom stereocenters. The maximum absolute atomic E-state index is 11.7. The van der Waals surface area contributed by atoms with Gasteiger partial charge in [0, 0.05) is 25.6 Å². The molecule has 1 saturated heterocycles. The van der Waals surface area contributed by atoms with E-state index in [4.69, 9.17) is 4.74 Å². The molecule has 1 fully saturated rings. The van der Waals surface area contributed by atoms with E-state index in [-0.39, 0.29) is 17.9 Å². The predicted molar refractivity (Wildman–Crippen MR) is 78.4 cm³/mol. The lowest BCUT2D eigenvalue weighted by molar-refractivity contribution is -0.155. The average Bonchev–Trinajstić information content (AvgIpc) is 2.34. The summed E-state index contributed by atoms with van der Waals surface area (Å²) >= 11 is 0. The van der Waals surface area contributed by atoms with E-state index in [0.29, 0.717) is 19.4 Å². The van der Waals surface area contributed by atoms with Gasteiger partial charge < -0.3 is 15.0 Å². The van der Waals surface area contributed by atoms with Crippen LogP contribution in [0.3, 0.4) is 0 Å². The van der Waals surface area contributed by atoms with Gasteiger partial charge in [-0.05, 0) is 40.2 Å². The minimum absolute atomic E-state index is 0.101. The van der Waals surface area contributed by atoms with E-state index in [0.717, 1.165) is 25.9 Å². The van der Waals surface area contributed by atoms with Gasteiger partial charge in [0.05, 0.1) is 6.42 Å². The zero-order chi connectivity index (χ0) is 15.2. The van der Waals surface area contributed by atoms with Crippen LogP contribution >= 0.6 is 0 Å². The SMILES string of the molecule is CCC(=O)NC1CCCN(CCC(=O)OC(C)(C)C)C1. The highest BCUT2D eigenvalue weighted by molar-refractivity contribution is 5.75. The van der Waals surface area contributed by atoms with E-state index in [2.05, 4.69) is 10.2 Å². The molecule has 1 rings (SSSR count). The molecule has 1 atom stereocenters. The Kier molecular flexibility index (Phi) is 6.46. The molecule has 1 aliphatic rings. The lowest BCUT2D eigenvalue weighted by Crippen LogP contribution is -2.48. The maximum Gasteiger partial charge on any atom is 0.307 e. The first-order valence-corrected chi connectivity index (χ1v) is 7.53. The zero-order valence-corrected chi connectivity index (χ0v) is 13.2. The first-order valence-electron chi connectivity index (χ1n) is 7.53. The van der Waals surface area contributed by atoms with Gasteiger partial charge in [0.2, 0.25) is 5.91 Å². The highest BCUT2D eigenvalue weighted by atomic mass is 16.6. The van der Waals surface area contributed by atoms with Crippen molar-refractivity contribution >= 4 is 11.9 Å². The number of ether oxygens (including phenoxy) is 1. The summed E-state index contributed by atoms with van der Waals surface area (Å²) < 4.78 is 5.30. The molecule has 1 aliphatic heterocycles. The summed E-state index contributed by atoms with van der Waals surface area (Å²) in [5, 5.41) is 3.03. The molecular formula is C15H28N2O3. The van der Waals surface area contributed by atoms with Crippen molar-refractivity contribution < 1.29 is 14.3 Å². The Morgan fingerprint density at radius 1 is 1.35 bits per heavy atom. The molecule has 0 radical (unpaired) electrons. The molecule has 20 heavy (non-hydrogen) atoms. The molecule has 0 aromatic carbocycles. The summed E-state index contributed by atoms with van der Waals surface area (Å²) in [5.74, 6) is -0.0544. The second kappa shape index (κ2) is 7.62. The number of piperidine rings is 1. The molecule has 5 heteroatoms. The number of nitrogens with zero attached hydrogens (tertiary/aromatic N) is 1. The predicted octanol–water partition coefficient (Wildman–Crippen LogP) is 1.71. The molecule has 1 N–H and O–H groups in total. The molecule has 0 saturated carbocycles. The number of nitrogens with one attached hydrogen (secondary N) is 1. The fourth-order valence-corrected chi connectivity index (χ4v) is 2.35. The van der Waals surface area contributed by atoms with Crippen LogP contribution in [0.5, 0.6) is 0 Å². The molecule has 0 aliphatic carbocycles. The van der Waals surface area contributed by atoms with Crippen LogP contribution < -0.4 is 5.32 Å². The first kappa shape index (κ1) is 17.0. The van der Waals surface area contributed by atoms with Gasteiger partial charge >= 0.3 is 5.97 Å². The number of hydrogen-bond donors (Lipinski definition) is 1. The Hall–Kier alpha value is -1.10. The number of rotatable bonds is 5. The highest BCUT2D eigenvalue weighted by Gasteiger charge is 2.22. The minimum Gasteiger partial charge on any atom is -0.460 e. The standard InChI is InChI=1S/C15H28N2O3/c1-5-13(18)16-12-7-6-9-17(11-12)10-8-14(19)20-15(2,3)4/h12H,5-11H2,1-4H3,(H,16,18). The molecule has 1 heterocycles. The van der Waals surface area contributed by atoms with Gasteiger partial charge in [-0.15, -0.1) is 0 Å². The normalized spacial score (nSPS) is 20.5. The smallest absolute Gasteiger partial charge is 0.307 e. The summed E-state index contributed by atoms with van der Waals surface area (Å²) in [6.07, 6.45) is 3.01. The van der Waals surface area contributed by atoms with Crippen LogP contribution in [-0.2, 0) is 14.3 Å². The summed E-state index contributed by atoms with van der Waals surface area (Å²) in [5.41, 5.74) is -0.420. The lowest BCUT2D eigenvalue weighted by atomic mass is 10.1. The van der Waals surface area contributed by atoms with Gasteiger partial charge in [-0.2, -0.15) is 0 Å². The first-order chi connectivity index (χ1) is 9.30. The third kappa shape index (κ3) is 6.89. The van der Waals surface area contributed by atoms with Crippen LogP contribution in [0.1, 0.15) is 53.4 Å². The Morgan fingerprint density at radius 2 is 2.05 bits per heavy atom. The van der Waals surface area contributed by atoms with Crippen LogP contribution in [0.15, 0.2) is 0 Å². The lowest BCUT2D eigenvalue weighted by Gasteiger charge is -2.33. The van der Waals surface area contributed by atoms with E-state index < -0.39 is 5.60 Å². The van der Waals surface area contributed by atoms with Gasteiger partial charge in [0.25, 0.3) is 0 Å².